The maximum atomic E-state index is 13.9. The van der Waals surface area contributed by atoms with E-state index < -0.39 is 157 Å². The van der Waals surface area contributed by atoms with Crippen molar-refractivity contribution in [3.05, 3.63) is 0 Å². The summed E-state index contributed by atoms with van der Waals surface area (Å²) in [5, 5.41) is 45.6. The van der Waals surface area contributed by atoms with Crippen LogP contribution in [0.1, 0.15) is 107 Å². The molecule has 0 aliphatic carbocycles. The van der Waals surface area contributed by atoms with Gasteiger partial charge in [0.05, 0.1) is 25.8 Å². The van der Waals surface area contributed by atoms with Gasteiger partial charge in [-0.3, -0.25) is 52.7 Å². The molecule has 378 valence electrons. The molecule has 9 amide bonds. The first kappa shape index (κ1) is 58.6. The minimum atomic E-state index is -1.92. The second-order valence-corrected chi connectivity index (χ2v) is 17.8. The Morgan fingerprint density at radius 2 is 1.01 bits per heavy atom. The van der Waals surface area contributed by atoms with Crippen molar-refractivity contribution in [2.45, 2.75) is 155 Å². The molecule has 1 aliphatic rings. The van der Waals surface area contributed by atoms with Gasteiger partial charge >= 0.3 is 17.9 Å². The number of likely N-dealkylation sites (tertiary alicyclic amines) is 1. The number of hydrogen-bond acceptors (Lipinski definition) is 13. The maximum Gasteiger partial charge on any atom is 0.326 e. The number of amides is 9. The summed E-state index contributed by atoms with van der Waals surface area (Å²) in [6.45, 7) is 12.9. The summed E-state index contributed by atoms with van der Waals surface area (Å²) < 4.78 is 0. The van der Waals surface area contributed by atoms with Crippen LogP contribution in [-0.4, -0.2) is 153 Å². The highest BCUT2D eigenvalue weighted by atomic mass is 16.4. The molecule has 1 fully saturated rings. The zero-order chi connectivity index (χ0) is 51.5. The molecule has 25 heteroatoms. The molecule has 0 bridgehead atoms. The van der Waals surface area contributed by atoms with Crippen molar-refractivity contribution in [3.63, 3.8) is 0 Å². The molecule has 0 spiro atoms. The van der Waals surface area contributed by atoms with Crippen LogP contribution in [0.5, 0.6) is 0 Å². The van der Waals surface area contributed by atoms with E-state index in [1.54, 1.807) is 55.4 Å². The van der Waals surface area contributed by atoms with E-state index in [9.17, 15) is 72.9 Å². The second-order valence-electron chi connectivity index (χ2n) is 17.8. The normalized spacial score (nSPS) is 17.1. The average molecular weight is 955 g/mol. The topological polar surface area (TPSA) is 405 Å². The Labute approximate surface area is 388 Å². The third-order valence-electron chi connectivity index (χ3n) is 10.8. The van der Waals surface area contributed by atoms with E-state index >= 15 is 0 Å². The Morgan fingerprint density at radius 3 is 1.43 bits per heavy atom. The van der Waals surface area contributed by atoms with Gasteiger partial charge in [-0.15, -0.1) is 0 Å². The number of aliphatic carboxylic acids is 3. The molecule has 0 unspecified atom stereocenters. The Kier molecular flexibility index (Phi) is 24.4. The molecule has 0 aromatic heterocycles. The van der Waals surface area contributed by atoms with Crippen molar-refractivity contribution in [2.24, 2.45) is 35.1 Å². The molecule has 1 heterocycles. The molecule has 1 saturated heterocycles. The van der Waals surface area contributed by atoms with Gasteiger partial charge in [-0.1, -0.05) is 61.8 Å². The van der Waals surface area contributed by atoms with Crippen molar-refractivity contribution in [1.82, 2.24) is 42.1 Å². The first-order chi connectivity index (χ1) is 31.1. The lowest BCUT2D eigenvalue weighted by Gasteiger charge is -2.31. The largest absolute Gasteiger partial charge is 0.481 e. The van der Waals surface area contributed by atoms with Crippen LogP contribution in [0, 0.1) is 23.7 Å². The molecular formula is C42H70N10O15. The summed E-state index contributed by atoms with van der Waals surface area (Å²) in [5.74, 6) is -14.8. The summed E-state index contributed by atoms with van der Waals surface area (Å²) in [7, 11) is 0. The number of rotatable bonds is 29. The van der Waals surface area contributed by atoms with Gasteiger partial charge in [0.2, 0.25) is 53.2 Å². The van der Waals surface area contributed by atoms with E-state index in [4.69, 9.17) is 11.5 Å². The number of carbonyl (C=O) groups is 12. The van der Waals surface area contributed by atoms with Gasteiger partial charge in [0.15, 0.2) is 0 Å². The van der Waals surface area contributed by atoms with Gasteiger partial charge in [0.1, 0.15) is 48.3 Å². The second kappa shape index (κ2) is 27.9. The van der Waals surface area contributed by atoms with Crippen LogP contribution in [-0.2, 0) is 57.5 Å². The van der Waals surface area contributed by atoms with Crippen LogP contribution in [0.3, 0.4) is 0 Å². The molecule has 14 N–H and O–H groups in total. The molecule has 0 aromatic carbocycles. The number of carbonyl (C=O) groups excluding carboxylic acids is 9. The lowest BCUT2D eigenvalue weighted by Crippen LogP contribution is -2.61. The molecule has 1 rings (SSSR count). The SMILES string of the molecule is CC[C@H](C)[C@H](NC(=O)CN)C(=O)N[C@@H](CC(C)C)C(=O)N[C@@H](CC(=O)O)C(=O)N[C@@H](CC(N)=O)C(=O)N[C@@H](CC(C)C)C(=O)N[C@@H](CC(=O)O)C(=O)N1CCC[C@H]1C(=O)N[C@H](C(=O)O)C(C)C. The minimum absolute atomic E-state index is 0.0125. The predicted molar refractivity (Wildman–Crippen MR) is 236 cm³/mol. The summed E-state index contributed by atoms with van der Waals surface area (Å²) in [5.41, 5.74) is 10.8. The van der Waals surface area contributed by atoms with E-state index in [0.29, 0.717) is 6.42 Å². The van der Waals surface area contributed by atoms with Crippen molar-refractivity contribution < 1.29 is 72.9 Å². The molecular weight excluding hydrogens is 885 g/mol. The molecule has 67 heavy (non-hydrogen) atoms. The highest BCUT2D eigenvalue weighted by Crippen LogP contribution is 2.21. The Balaban J connectivity index is 3.44. The van der Waals surface area contributed by atoms with Crippen molar-refractivity contribution in [3.8, 4) is 0 Å². The molecule has 0 aromatic rings. The van der Waals surface area contributed by atoms with Crippen LogP contribution in [0.25, 0.3) is 0 Å². The van der Waals surface area contributed by atoms with Gasteiger partial charge in [0.25, 0.3) is 0 Å². The van der Waals surface area contributed by atoms with Gasteiger partial charge in [0, 0.05) is 6.54 Å². The quantitative estimate of drug-likeness (QED) is 0.0356. The van der Waals surface area contributed by atoms with Crippen LogP contribution >= 0.6 is 0 Å². The highest BCUT2D eigenvalue weighted by Gasteiger charge is 2.41. The lowest BCUT2D eigenvalue weighted by molar-refractivity contribution is -0.148. The number of nitrogens with one attached hydrogen (secondary N) is 7. The zero-order valence-corrected chi connectivity index (χ0v) is 39.3. The Morgan fingerprint density at radius 1 is 0.582 bits per heavy atom. The molecule has 9 atom stereocenters. The first-order valence-electron chi connectivity index (χ1n) is 22.2. The predicted octanol–water partition coefficient (Wildman–Crippen LogP) is -2.97. The molecule has 25 nitrogen and oxygen atoms in total. The van der Waals surface area contributed by atoms with Crippen LogP contribution < -0.4 is 48.7 Å². The fourth-order valence-corrected chi connectivity index (χ4v) is 7.13. The van der Waals surface area contributed by atoms with E-state index in [1.165, 1.54) is 0 Å². The van der Waals surface area contributed by atoms with Gasteiger partial charge in [-0.2, -0.15) is 0 Å². The molecule has 1 aliphatic heterocycles. The van der Waals surface area contributed by atoms with Gasteiger partial charge in [-0.25, -0.2) is 4.79 Å². The number of nitrogens with two attached hydrogens (primary N) is 2. The maximum absolute atomic E-state index is 13.9. The summed E-state index contributed by atoms with van der Waals surface area (Å²) in [6, 6.07) is -12.1. The van der Waals surface area contributed by atoms with Crippen molar-refractivity contribution in [1.29, 1.82) is 0 Å². The van der Waals surface area contributed by atoms with Gasteiger partial charge in [-0.05, 0) is 49.4 Å². The highest BCUT2D eigenvalue weighted by molar-refractivity contribution is 6.00. The average Bonchev–Trinajstić information content (AvgIpc) is 3.72. The van der Waals surface area contributed by atoms with E-state index in [0.717, 1.165) is 4.90 Å². The van der Waals surface area contributed by atoms with Gasteiger partial charge < -0.3 is 68.9 Å². The summed E-state index contributed by atoms with van der Waals surface area (Å²) in [6.07, 6.45) is -2.26. The summed E-state index contributed by atoms with van der Waals surface area (Å²) >= 11 is 0. The third kappa shape index (κ3) is 19.9. The van der Waals surface area contributed by atoms with Crippen LogP contribution in [0.4, 0.5) is 0 Å². The van der Waals surface area contributed by atoms with E-state index in [-0.39, 0.29) is 44.1 Å². The van der Waals surface area contributed by atoms with Crippen molar-refractivity contribution in [2.75, 3.05) is 13.1 Å². The zero-order valence-electron chi connectivity index (χ0n) is 39.3. The minimum Gasteiger partial charge on any atom is -0.481 e. The smallest absolute Gasteiger partial charge is 0.326 e. The monoisotopic (exact) mass is 955 g/mol. The van der Waals surface area contributed by atoms with Crippen LogP contribution in [0.15, 0.2) is 0 Å². The third-order valence-corrected chi connectivity index (χ3v) is 10.8. The lowest BCUT2D eigenvalue weighted by atomic mass is 9.96. The van der Waals surface area contributed by atoms with Crippen molar-refractivity contribution >= 4 is 71.1 Å². The number of carboxylic acid groups (broad SMARTS) is 3. The summed E-state index contributed by atoms with van der Waals surface area (Å²) in [4.78, 5) is 156. The number of carboxylic acids is 3. The molecule has 0 radical (unpaired) electrons. The number of nitrogens with zero attached hydrogens (tertiary/aromatic N) is 1. The number of hydrogen-bond donors (Lipinski definition) is 12. The fraction of sp³-hybridized carbons (Fsp3) is 0.714. The molecule has 0 saturated carbocycles. The van der Waals surface area contributed by atoms with E-state index in [1.807, 2.05) is 0 Å². The van der Waals surface area contributed by atoms with Crippen LogP contribution in [0.2, 0.25) is 0 Å². The standard InChI is InChI=1S/C42H70N10O15/c1-9-22(8)34(50-30(54)18-43)40(64)48-24(14-20(4)5)35(59)47-26(16-31(55)56)38(62)46-25(15-29(44)53)37(61)45-23(13-19(2)3)36(60)49-27(17-32(57)58)41(65)52-12-10-11-28(52)39(63)51-33(21(6)7)42(66)67/h19-28,33-34H,9-18,43H2,1-8H3,(H2,44,53)(H,45,61)(H,46,62)(H,47,59)(H,48,64)(H,49,60)(H,50,54)(H,51,63)(H,55,56)(H,57,58)(H,66,67)/t22-,23-,24-,25-,26-,27-,28-,33-,34-/m0/s1. The first-order valence-corrected chi connectivity index (χ1v) is 22.2. The van der Waals surface area contributed by atoms with E-state index in [2.05, 4.69) is 37.2 Å². The Hall–Kier alpha value is -6.40. The fourth-order valence-electron chi connectivity index (χ4n) is 7.13. The Bertz CT molecular complexity index is 1830. The number of primary amides is 1.